The molecule has 0 amide bonds. The predicted octanol–water partition coefficient (Wildman–Crippen LogP) is 6.87. The molecule has 1 saturated carbocycles. The van der Waals surface area contributed by atoms with Crippen LogP contribution in [0.1, 0.15) is 63.1 Å². The summed E-state index contributed by atoms with van der Waals surface area (Å²) >= 11 is 0. The van der Waals surface area contributed by atoms with E-state index >= 15 is 8.78 Å². The highest BCUT2D eigenvalue weighted by Crippen LogP contribution is 2.30. The van der Waals surface area contributed by atoms with Gasteiger partial charge < -0.3 is 20.9 Å². The Bertz CT molecular complexity index is 1290. The lowest BCUT2D eigenvalue weighted by atomic mass is 9.94. The van der Waals surface area contributed by atoms with Gasteiger partial charge in [0, 0.05) is 54.1 Å². The first-order valence-corrected chi connectivity index (χ1v) is 13.3. The maximum Gasteiger partial charge on any atom is 0.129 e. The number of benzene rings is 2. The summed E-state index contributed by atoms with van der Waals surface area (Å²) in [5.41, 5.74) is 4.03. The molecule has 1 aromatic heterocycles. The number of fused-ring (bicyclic) bond motifs is 1. The summed E-state index contributed by atoms with van der Waals surface area (Å²) in [7, 11) is 0. The number of nitrogens with zero attached hydrogens (tertiary/aromatic N) is 2. The standard InChI is InChI=1S/C30H35F2N5O/c1-2-13-38-14-4-3-6-25-26(31)15-20(16-27(25)32)24-7-5-8-28-30(24)37-29(19-36-28)21(17-33)18-35-23-11-9-22(34)10-12-23/h5,7-8,15-19,23,33-35H,2-4,6,9-14H2,1H3/b21-18+,33-17?,34-22?. The van der Waals surface area contributed by atoms with Gasteiger partial charge in [-0.15, -0.1) is 0 Å². The van der Waals surface area contributed by atoms with Crippen molar-refractivity contribution in [3.05, 3.63) is 65.6 Å². The molecule has 0 aliphatic heterocycles. The molecular formula is C30H35F2N5O. The van der Waals surface area contributed by atoms with Crippen LogP contribution < -0.4 is 5.32 Å². The van der Waals surface area contributed by atoms with Crippen molar-refractivity contribution in [2.45, 2.75) is 64.3 Å². The third-order valence-electron chi connectivity index (χ3n) is 6.85. The molecule has 1 aliphatic rings. The van der Waals surface area contributed by atoms with Gasteiger partial charge in [-0.25, -0.2) is 13.8 Å². The number of halogens is 2. The van der Waals surface area contributed by atoms with Gasteiger partial charge in [-0.2, -0.15) is 0 Å². The van der Waals surface area contributed by atoms with Gasteiger partial charge in [0.25, 0.3) is 0 Å². The van der Waals surface area contributed by atoms with Gasteiger partial charge in [-0.3, -0.25) is 4.98 Å². The zero-order valence-electron chi connectivity index (χ0n) is 21.8. The zero-order valence-corrected chi connectivity index (χ0v) is 21.8. The summed E-state index contributed by atoms with van der Waals surface area (Å²) in [6.07, 6.45) is 10.6. The summed E-state index contributed by atoms with van der Waals surface area (Å²) in [5.74, 6) is -1.14. The normalized spacial score (nSPS) is 16.1. The average Bonchev–Trinajstić information content (AvgIpc) is 2.92. The molecule has 8 heteroatoms. The fourth-order valence-corrected chi connectivity index (χ4v) is 4.68. The lowest BCUT2D eigenvalue weighted by Crippen LogP contribution is -2.29. The first-order chi connectivity index (χ1) is 18.5. The highest BCUT2D eigenvalue weighted by Gasteiger charge is 2.17. The summed E-state index contributed by atoms with van der Waals surface area (Å²) in [5, 5.41) is 19.0. The lowest BCUT2D eigenvalue weighted by molar-refractivity contribution is 0.131. The van der Waals surface area contributed by atoms with Crippen LogP contribution >= 0.6 is 0 Å². The van der Waals surface area contributed by atoms with Crippen molar-refractivity contribution in [1.29, 1.82) is 10.8 Å². The predicted molar refractivity (Wildman–Crippen MR) is 149 cm³/mol. The average molecular weight is 520 g/mol. The lowest BCUT2D eigenvalue weighted by Gasteiger charge is -2.22. The number of hydrogen-bond donors (Lipinski definition) is 3. The van der Waals surface area contributed by atoms with Gasteiger partial charge in [0.2, 0.25) is 0 Å². The molecule has 4 rings (SSSR count). The Hall–Kier alpha value is -3.52. The Morgan fingerprint density at radius 1 is 1.13 bits per heavy atom. The Morgan fingerprint density at radius 3 is 2.61 bits per heavy atom. The van der Waals surface area contributed by atoms with Crippen LogP contribution in [0.2, 0.25) is 0 Å². The van der Waals surface area contributed by atoms with Crippen molar-refractivity contribution < 1.29 is 13.5 Å². The van der Waals surface area contributed by atoms with Crippen LogP contribution in [0, 0.1) is 22.5 Å². The van der Waals surface area contributed by atoms with Crippen LogP contribution in [0.25, 0.3) is 27.7 Å². The van der Waals surface area contributed by atoms with Crippen LogP contribution in [-0.2, 0) is 11.2 Å². The second kappa shape index (κ2) is 13.3. The summed E-state index contributed by atoms with van der Waals surface area (Å²) in [6.45, 7) is 3.34. The number of unbranched alkanes of at least 4 members (excludes halogenated alkanes) is 1. The van der Waals surface area contributed by atoms with Gasteiger partial charge >= 0.3 is 0 Å². The molecule has 1 aliphatic carbocycles. The second-order valence-corrected chi connectivity index (χ2v) is 9.70. The summed E-state index contributed by atoms with van der Waals surface area (Å²) in [6, 6.07) is 8.36. The quantitative estimate of drug-likeness (QED) is 0.180. The van der Waals surface area contributed by atoms with E-state index in [0.717, 1.165) is 44.2 Å². The molecule has 38 heavy (non-hydrogen) atoms. The molecule has 0 unspecified atom stereocenters. The van der Waals surface area contributed by atoms with E-state index in [9.17, 15) is 0 Å². The molecule has 0 radical (unpaired) electrons. The molecule has 0 spiro atoms. The number of ether oxygens (including phenoxy) is 1. The number of allylic oxidation sites excluding steroid dienone is 1. The minimum Gasteiger partial charge on any atom is -0.388 e. The highest BCUT2D eigenvalue weighted by atomic mass is 19.1. The van der Waals surface area contributed by atoms with Crippen LogP contribution in [0.4, 0.5) is 8.78 Å². The topological polar surface area (TPSA) is 94.7 Å². The number of nitrogens with one attached hydrogen (secondary N) is 3. The van der Waals surface area contributed by atoms with E-state index in [1.54, 1.807) is 30.6 Å². The molecule has 200 valence electrons. The van der Waals surface area contributed by atoms with E-state index in [2.05, 4.69) is 10.3 Å². The molecule has 1 heterocycles. The van der Waals surface area contributed by atoms with Crippen LogP contribution in [0.5, 0.6) is 0 Å². The third-order valence-corrected chi connectivity index (χ3v) is 6.85. The maximum atomic E-state index is 15.0. The van der Waals surface area contributed by atoms with E-state index in [-0.39, 0.29) is 11.6 Å². The van der Waals surface area contributed by atoms with E-state index < -0.39 is 11.6 Å². The minimum absolute atomic E-state index is 0.0919. The smallest absolute Gasteiger partial charge is 0.129 e. The molecule has 2 aromatic carbocycles. The van der Waals surface area contributed by atoms with Crippen LogP contribution in [0.15, 0.2) is 42.7 Å². The minimum atomic E-state index is -0.569. The Morgan fingerprint density at radius 2 is 1.89 bits per heavy atom. The molecule has 3 aromatic rings. The Balaban J connectivity index is 1.56. The largest absolute Gasteiger partial charge is 0.388 e. The Labute approximate surface area is 222 Å². The van der Waals surface area contributed by atoms with Crippen LogP contribution in [0.3, 0.4) is 0 Å². The summed E-state index contributed by atoms with van der Waals surface area (Å²) in [4.78, 5) is 9.26. The van der Waals surface area contributed by atoms with Crippen LogP contribution in [-0.4, -0.2) is 41.1 Å². The molecule has 0 atom stereocenters. The van der Waals surface area contributed by atoms with E-state index in [4.69, 9.17) is 20.5 Å². The Kier molecular flexibility index (Phi) is 9.65. The van der Waals surface area contributed by atoms with Crippen molar-refractivity contribution >= 4 is 28.5 Å². The van der Waals surface area contributed by atoms with Gasteiger partial charge in [0.05, 0.1) is 22.9 Å². The number of para-hydroxylation sites is 1. The molecule has 0 bridgehead atoms. The van der Waals surface area contributed by atoms with Gasteiger partial charge in [-0.05, 0) is 75.1 Å². The third kappa shape index (κ3) is 6.86. The van der Waals surface area contributed by atoms with Gasteiger partial charge in [0.15, 0.2) is 0 Å². The molecule has 6 nitrogen and oxygen atoms in total. The highest BCUT2D eigenvalue weighted by molar-refractivity contribution is 6.08. The van der Waals surface area contributed by atoms with E-state index in [0.29, 0.717) is 59.5 Å². The molecule has 1 fully saturated rings. The van der Waals surface area contributed by atoms with Gasteiger partial charge in [0.1, 0.15) is 11.6 Å². The molecular weight excluding hydrogens is 484 g/mol. The van der Waals surface area contributed by atoms with Crippen molar-refractivity contribution in [2.75, 3.05) is 13.2 Å². The SMILES string of the molecule is CCCOCCCCc1c(F)cc(-c2cccc3ncc(/C(C=N)=C/NC4CCC(=N)CC4)nc23)cc1F. The van der Waals surface area contributed by atoms with E-state index in [1.807, 2.05) is 6.92 Å². The number of rotatable bonds is 12. The fourth-order valence-electron chi connectivity index (χ4n) is 4.68. The van der Waals surface area contributed by atoms with Crippen molar-refractivity contribution in [3.63, 3.8) is 0 Å². The zero-order chi connectivity index (χ0) is 26.9. The van der Waals surface area contributed by atoms with Crippen molar-refractivity contribution in [1.82, 2.24) is 15.3 Å². The first kappa shape index (κ1) is 27.5. The first-order valence-electron chi connectivity index (χ1n) is 13.3. The monoisotopic (exact) mass is 519 g/mol. The molecule has 3 N–H and O–H groups in total. The van der Waals surface area contributed by atoms with E-state index in [1.165, 1.54) is 18.3 Å². The van der Waals surface area contributed by atoms with Gasteiger partial charge in [-0.1, -0.05) is 19.1 Å². The fraction of sp³-hybridized carbons (Fsp3) is 0.400. The molecule has 0 saturated heterocycles. The second-order valence-electron chi connectivity index (χ2n) is 9.70. The summed E-state index contributed by atoms with van der Waals surface area (Å²) < 4.78 is 35.5. The number of hydrogen-bond acceptors (Lipinski definition) is 6. The number of aromatic nitrogens is 2. The van der Waals surface area contributed by atoms with Crippen molar-refractivity contribution in [3.8, 4) is 11.1 Å². The maximum absolute atomic E-state index is 15.0. The van der Waals surface area contributed by atoms with Crippen molar-refractivity contribution in [2.24, 2.45) is 0 Å².